The summed E-state index contributed by atoms with van der Waals surface area (Å²) in [7, 11) is 0. The van der Waals surface area contributed by atoms with Crippen LogP contribution in [0.4, 0.5) is 5.69 Å². The Kier molecular flexibility index (Phi) is 7.37. The number of halogens is 1. The van der Waals surface area contributed by atoms with Crippen molar-refractivity contribution in [2.45, 2.75) is 60.0 Å². The fourth-order valence-corrected chi connectivity index (χ4v) is 6.38. The molecule has 0 bridgehead atoms. The molecule has 0 saturated carbocycles. The van der Waals surface area contributed by atoms with Crippen LogP contribution in [-0.4, -0.2) is 5.78 Å². The summed E-state index contributed by atoms with van der Waals surface area (Å²) in [6.45, 7) is 10.7. The maximum Gasteiger partial charge on any atom is 0.162 e. The maximum atomic E-state index is 14.0. The predicted molar refractivity (Wildman–Crippen MR) is 163 cm³/mol. The minimum Gasteiger partial charge on any atom is -0.488 e. The molecule has 6 heteroatoms. The zero-order valence-electron chi connectivity index (χ0n) is 23.6. The first-order valence-electron chi connectivity index (χ1n) is 13.5. The highest BCUT2D eigenvalue weighted by Gasteiger charge is 2.45. The number of nitriles is 1. The maximum absolute atomic E-state index is 14.0. The van der Waals surface area contributed by atoms with Gasteiger partial charge in [-0.3, -0.25) is 9.69 Å². The van der Waals surface area contributed by atoms with Crippen LogP contribution < -0.4 is 15.4 Å². The Morgan fingerprint density at radius 3 is 2.50 bits per heavy atom. The molecule has 2 aliphatic rings. The summed E-state index contributed by atoms with van der Waals surface area (Å²) in [5, 5.41) is 10.5. The lowest BCUT2D eigenvalue weighted by Gasteiger charge is -2.44. The van der Waals surface area contributed by atoms with Crippen molar-refractivity contribution in [2.24, 2.45) is 11.1 Å². The van der Waals surface area contributed by atoms with Gasteiger partial charge >= 0.3 is 0 Å². The molecule has 2 N–H and O–H groups in total. The summed E-state index contributed by atoms with van der Waals surface area (Å²) >= 11 is 3.55. The van der Waals surface area contributed by atoms with Crippen molar-refractivity contribution in [2.75, 3.05) is 4.90 Å². The molecule has 0 saturated heterocycles. The highest BCUT2D eigenvalue weighted by atomic mass is 79.9. The summed E-state index contributed by atoms with van der Waals surface area (Å²) in [5.41, 5.74) is 14.6. The number of aryl methyl sites for hydroxylation is 3. The van der Waals surface area contributed by atoms with E-state index in [1.807, 2.05) is 67.3 Å². The molecule has 3 aromatic carbocycles. The third-order valence-electron chi connectivity index (χ3n) is 7.90. The van der Waals surface area contributed by atoms with Crippen molar-refractivity contribution < 1.29 is 9.53 Å². The first-order valence-corrected chi connectivity index (χ1v) is 14.3. The smallest absolute Gasteiger partial charge is 0.162 e. The number of nitrogens with two attached hydrogens (primary N) is 1. The summed E-state index contributed by atoms with van der Waals surface area (Å²) in [6, 6.07) is 22.4. The van der Waals surface area contributed by atoms with Gasteiger partial charge in [0.25, 0.3) is 0 Å². The second-order valence-corrected chi connectivity index (χ2v) is 12.5. The lowest BCUT2D eigenvalue weighted by Crippen LogP contribution is -2.42. The minimum absolute atomic E-state index is 0.0696. The molecule has 1 aliphatic heterocycles. The Hall–Kier alpha value is -3.82. The van der Waals surface area contributed by atoms with Gasteiger partial charge in [-0.1, -0.05) is 50.2 Å². The second kappa shape index (κ2) is 10.6. The van der Waals surface area contributed by atoms with E-state index < -0.39 is 5.92 Å². The number of benzene rings is 3. The Bertz CT molecular complexity index is 1630. The van der Waals surface area contributed by atoms with Crippen molar-refractivity contribution in [1.29, 1.82) is 5.26 Å². The van der Waals surface area contributed by atoms with E-state index in [1.165, 1.54) is 0 Å². The van der Waals surface area contributed by atoms with Crippen molar-refractivity contribution in [1.82, 2.24) is 0 Å². The summed E-state index contributed by atoms with van der Waals surface area (Å²) in [6.07, 6.45) is 1.10. The van der Waals surface area contributed by atoms with E-state index in [0.29, 0.717) is 36.4 Å². The van der Waals surface area contributed by atoms with Crippen molar-refractivity contribution in [3.63, 3.8) is 0 Å². The normalized spacial score (nSPS) is 18.5. The monoisotopic (exact) mass is 595 g/mol. The van der Waals surface area contributed by atoms with Crippen LogP contribution in [0.1, 0.15) is 60.4 Å². The van der Waals surface area contributed by atoms with E-state index in [0.717, 1.165) is 49.4 Å². The largest absolute Gasteiger partial charge is 0.488 e. The summed E-state index contributed by atoms with van der Waals surface area (Å²) < 4.78 is 7.05. The summed E-state index contributed by atoms with van der Waals surface area (Å²) in [4.78, 5) is 15.9. The SMILES string of the molecule is Cc1cccc(N2C(N)=C(C#N)C(c3cc(COc4ccccc4Br)c(C)cc3C)C3=C2CC(C)(C)CC3=O)c1. The minimum atomic E-state index is -0.535. The lowest BCUT2D eigenvalue weighted by atomic mass is 9.68. The highest BCUT2D eigenvalue weighted by Crippen LogP contribution is 2.51. The molecule has 0 spiro atoms. The van der Waals surface area contributed by atoms with Crippen LogP contribution in [0, 0.1) is 37.5 Å². The molecular weight excluding hydrogens is 562 g/mol. The Labute approximate surface area is 245 Å². The van der Waals surface area contributed by atoms with Crippen LogP contribution >= 0.6 is 15.9 Å². The number of para-hydroxylation sites is 1. The summed E-state index contributed by atoms with van der Waals surface area (Å²) in [5.74, 6) is 0.674. The van der Waals surface area contributed by atoms with E-state index >= 15 is 0 Å². The van der Waals surface area contributed by atoms with Gasteiger partial charge in [0.2, 0.25) is 0 Å². The predicted octanol–water partition coefficient (Wildman–Crippen LogP) is 7.89. The molecule has 1 aliphatic carbocycles. The number of ketones is 1. The van der Waals surface area contributed by atoms with Gasteiger partial charge in [-0.05, 0) is 101 Å². The first kappa shape index (κ1) is 27.7. The third-order valence-corrected chi connectivity index (χ3v) is 8.55. The number of nitrogens with zero attached hydrogens (tertiary/aromatic N) is 2. The van der Waals surface area contributed by atoms with Gasteiger partial charge in [-0.2, -0.15) is 5.26 Å². The zero-order chi connectivity index (χ0) is 28.8. The standard InChI is InChI=1S/C34H34BrN3O2/c1-20-9-8-10-24(13-20)38-28-16-34(4,5)17-29(39)32(28)31(26(18-36)33(38)37)25-15-23(21(2)14-22(25)3)19-40-30-12-7-6-11-27(30)35/h6-15,31H,16-17,19,37H2,1-5H3. The molecule has 0 amide bonds. The van der Waals surface area contributed by atoms with Gasteiger partial charge in [0.15, 0.2) is 5.78 Å². The van der Waals surface area contributed by atoms with E-state index in [2.05, 4.69) is 54.9 Å². The van der Waals surface area contributed by atoms with Crippen LogP contribution in [0.3, 0.4) is 0 Å². The van der Waals surface area contributed by atoms with Crippen molar-refractivity contribution >= 4 is 27.4 Å². The molecule has 1 heterocycles. The van der Waals surface area contributed by atoms with Crippen LogP contribution in [0.25, 0.3) is 0 Å². The number of anilines is 1. The second-order valence-electron chi connectivity index (χ2n) is 11.7. The Morgan fingerprint density at radius 1 is 1.05 bits per heavy atom. The molecule has 0 aromatic heterocycles. The number of carbonyl (C=O) groups is 1. The van der Waals surface area contributed by atoms with Gasteiger partial charge in [0.1, 0.15) is 18.2 Å². The van der Waals surface area contributed by atoms with Gasteiger partial charge in [0.05, 0.1) is 22.0 Å². The number of allylic oxidation sites excluding steroid dienone is 3. The van der Waals surface area contributed by atoms with Crippen molar-refractivity contribution in [3.8, 4) is 11.8 Å². The quantitative estimate of drug-likeness (QED) is 0.324. The molecule has 0 fully saturated rings. The number of rotatable bonds is 5. The molecule has 40 heavy (non-hydrogen) atoms. The lowest BCUT2D eigenvalue weighted by molar-refractivity contribution is -0.118. The zero-order valence-corrected chi connectivity index (χ0v) is 25.2. The van der Waals surface area contributed by atoms with Crippen LogP contribution in [0.2, 0.25) is 0 Å². The van der Waals surface area contributed by atoms with Gasteiger partial charge in [-0.15, -0.1) is 0 Å². The third kappa shape index (κ3) is 5.07. The first-order chi connectivity index (χ1) is 19.0. The van der Waals surface area contributed by atoms with Crippen LogP contribution in [0.15, 0.2) is 87.8 Å². The van der Waals surface area contributed by atoms with E-state index in [-0.39, 0.29) is 11.2 Å². The van der Waals surface area contributed by atoms with Gasteiger partial charge < -0.3 is 10.5 Å². The van der Waals surface area contributed by atoms with E-state index in [1.54, 1.807) is 0 Å². The molecular formula is C34H34BrN3O2. The number of hydrogen-bond donors (Lipinski definition) is 1. The Morgan fingerprint density at radius 2 is 1.80 bits per heavy atom. The fraction of sp³-hybridized carbons (Fsp3) is 0.294. The molecule has 204 valence electrons. The average molecular weight is 597 g/mol. The molecule has 5 nitrogen and oxygen atoms in total. The van der Waals surface area contributed by atoms with Gasteiger partial charge in [-0.25, -0.2) is 0 Å². The van der Waals surface area contributed by atoms with Crippen LogP contribution in [-0.2, 0) is 11.4 Å². The average Bonchev–Trinajstić information content (AvgIpc) is 2.88. The number of Topliss-reactive ketones (excluding diaryl/α,β-unsaturated/α-hetero) is 1. The van der Waals surface area contributed by atoms with E-state index in [4.69, 9.17) is 10.5 Å². The molecule has 1 atom stereocenters. The molecule has 5 rings (SSSR count). The molecule has 1 unspecified atom stereocenters. The highest BCUT2D eigenvalue weighted by molar-refractivity contribution is 9.10. The fourth-order valence-electron chi connectivity index (χ4n) is 5.98. The molecule has 0 radical (unpaired) electrons. The van der Waals surface area contributed by atoms with Crippen molar-refractivity contribution in [3.05, 3.63) is 116 Å². The van der Waals surface area contributed by atoms with Crippen LogP contribution in [0.5, 0.6) is 5.75 Å². The number of ether oxygens (including phenoxy) is 1. The number of carbonyl (C=O) groups excluding carboxylic acids is 1. The van der Waals surface area contributed by atoms with Gasteiger partial charge in [0, 0.05) is 23.4 Å². The number of hydrogen-bond acceptors (Lipinski definition) is 5. The Balaban J connectivity index is 1.67. The topological polar surface area (TPSA) is 79.3 Å². The molecule has 3 aromatic rings. The van der Waals surface area contributed by atoms with E-state index in [9.17, 15) is 10.1 Å².